The first-order valence-corrected chi connectivity index (χ1v) is 13.9. The van der Waals surface area contributed by atoms with Crippen molar-refractivity contribution < 1.29 is 13.9 Å². The van der Waals surface area contributed by atoms with Crippen LogP contribution in [0.1, 0.15) is 36.2 Å². The number of ether oxygens (including phenoxy) is 1. The molecular weight excluding hydrogens is 626 g/mol. The summed E-state index contributed by atoms with van der Waals surface area (Å²) in [5.74, 6) is 1.96. The summed E-state index contributed by atoms with van der Waals surface area (Å²) in [5.41, 5.74) is 1.65. The van der Waals surface area contributed by atoms with Gasteiger partial charge in [0.15, 0.2) is 22.1 Å². The molecule has 5 rings (SSSR count). The fourth-order valence-corrected chi connectivity index (χ4v) is 5.44. The zero-order valence-electron chi connectivity index (χ0n) is 20.0. The maximum Gasteiger partial charge on any atom is 0.289 e. The fraction of sp³-hybridized carbons (Fsp3) is 0.308. The van der Waals surface area contributed by atoms with Crippen LogP contribution in [0.2, 0.25) is 5.02 Å². The van der Waals surface area contributed by atoms with Crippen LogP contribution in [0.5, 0.6) is 5.75 Å². The molecule has 0 aliphatic heterocycles. The third-order valence-corrected chi connectivity index (χ3v) is 8.46. The summed E-state index contributed by atoms with van der Waals surface area (Å²) >= 11 is 13.2. The highest BCUT2D eigenvalue weighted by atomic mass is 79.9. The molecule has 1 aliphatic rings. The first-order valence-electron chi connectivity index (χ1n) is 11.9. The number of benzene rings is 1. The zero-order valence-corrected chi connectivity index (χ0v) is 24.0. The van der Waals surface area contributed by atoms with Gasteiger partial charge in [-0.05, 0) is 75.0 Å². The lowest BCUT2D eigenvalue weighted by Crippen LogP contribution is -2.41. The first kappa shape index (κ1) is 25.9. The van der Waals surface area contributed by atoms with E-state index in [1.165, 1.54) is 0 Å². The summed E-state index contributed by atoms with van der Waals surface area (Å²) in [7, 11) is 1.58. The minimum absolute atomic E-state index is 0.137. The average molecular weight is 650 g/mol. The number of aromatic nitrogens is 4. The molecule has 11 heteroatoms. The highest BCUT2D eigenvalue weighted by molar-refractivity contribution is 9.13. The molecule has 3 aromatic heterocycles. The van der Waals surface area contributed by atoms with Gasteiger partial charge in [-0.25, -0.2) is 9.67 Å². The van der Waals surface area contributed by atoms with E-state index in [1.807, 2.05) is 39.9 Å². The van der Waals surface area contributed by atoms with Crippen molar-refractivity contribution >= 4 is 49.4 Å². The summed E-state index contributed by atoms with van der Waals surface area (Å²) in [5, 5.41) is 5.29. The second-order valence-corrected chi connectivity index (χ2v) is 10.7. The van der Waals surface area contributed by atoms with E-state index in [9.17, 15) is 4.79 Å². The van der Waals surface area contributed by atoms with Gasteiger partial charge in [0.2, 0.25) is 0 Å². The fourth-order valence-electron chi connectivity index (χ4n) is 4.60. The molecule has 1 amide bonds. The van der Waals surface area contributed by atoms with Gasteiger partial charge in [-0.3, -0.25) is 9.78 Å². The van der Waals surface area contributed by atoms with Gasteiger partial charge in [-0.15, -0.1) is 0 Å². The van der Waals surface area contributed by atoms with Gasteiger partial charge in [0.05, 0.1) is 23.1 Å². The van der Waals surface area contributed by atoms with Crippen molar-refractivity contribution in [2.75, 3.05) is 13.7 Å². The molecule has 192 valence electrons. The van der Waals surface area contributed by atoms with Crippen LogP contribution in [-0.4, -0.2) is 50.3 Å². The van der Waals surface area contributed by atoms with E-state index in [2.05, 4.69) is 36.8 Å². The molecule has 37 heavy (non-hydrogen) atoms. The Morgan fingerprint density at radius 2 is 1.92 bits per heavy atom. The molecule has 1 fully saturated rings. The summed E-state index contributed by atoms with van der Waals surface area (Å²) in [4.78, 5) is 24.4. The maximum absolute atomic E-state index is 13.5. The van der Waals surface area contributed by atoms with E-state index in [1.54, 1.807) is 25.6 Å². The Hall–Kier alpha value is -2.69. The van der Waals surface area contributed by atoms with Gasteiger partial charge in [-0.1, -0.05) is 24.4 Å². The number of furan rings is 1. The topological polar surface area (TPSA) is 86.3 Å². The summed E-state index contributed by atoms with van der Waals surface area (Å²) < 4.78 is 14.0. The Morgan fingerprint density at radius 1 is 1.16 bits per heavy atom. The largest absolute Gasteiger partial charge is 0.495 e. The molecular formula is C26H24Br2ClN5O3. The molecule has 0 N–H and O–H groups in total. The van der Waals surface area contributed by atoms with Crippen LogP contribution in [0.25, 0.3) is 22.8 Å². The number of methoxy groups -OCH3 is 1. The van der Waals surface area contributed by atoms with Crippen molar-refractivity contribution in [2.24, 2.45) is 0 Å². The molecule has 0 bridgehead atoms. The van der Waals surface area contributed by atoms with E-state index in [0.717, 1.165) is 36.8 Å². The van der Waals surface area contributed by atoms with Gasteiger partial charge < -0.3 is 14.1 Å². The highest BCUT2D eigenvalue weighted by Gasteiger charge is 2.30. The minimum atomic E-state index is -0.137. The lowest BCUT2D eigenvalue weighted by atomic mass is 10.2. The number of pyridine rings is 1. The van der Waals surface area contributed by atoms with Gasteiger partial charge in [0, 0.05) is 42.2 Å². The number of hydrogen-bond donors (Lipinski definition) is 0. The molecule has 1 aliphatic carbocycles. The normalized spacial score (nSPS) is 13.7. The van der Waals surface area contributed by atoms with Gasteiger partial charge in [0.25, 0.3) is 5.91 Å². The van der Waals surface area contributed by atoms with Crippen molar-refractivity contribution in [3.8, 4) is 28.5 Å². The van der Waals surface area contributed by atoms with Crippen LogP contribution in [-0.2, 0) is 6.54 Å². The van der Waals surface area contributed by atoms with E-state index < -0.39 is 0 Å². The molecule has 4 aromatic rings. The highest BCUT2D eigenvalue weighted by Crippen LogP contribution is 2.32. The van der Waals surface area contributed by atoms with E-state index >= 15 is 0 Å². The van der Waals surface area contributed by atoms with Crippen LogP contribution in [0, 0.1) is 0 Å². The second kappa shape index (κ2) is 11.4. The Labute approximate surface area is 236 Å². The standard InChI is InChI=1S/C26H24Br2ClN5O3/c1-36-21-7-6-17(14-20(21)29)25-31-24(16-8-10-30-11-9-16)32-34(25)13-12-33(18-4-2-3-5-18)26(35)22-15-19(27)23(28)37-22/h6-11,14-15,18H,2-5,12-13H2,1H3. The predicted octanol–water partition coefficient (Wildman–Crippen LogP) is 6.87. The third kappa shape index (κ3) is 5.61. The number of halogens is 3. The van der Waals surface area contributed by atoms with E-state index in [4.69, 9.17) is 30.8 Å². The SMILES string of the molecule is COc1ccc(-c2nc(-c3ccncc3)nn2CCN(C(=O)c2cc(Br)c(Br)o2)C2CCCC2)cc1Cl. The number of carbonyl (C=O) groups is 1. The molecule has 8 nitrogen and oxygen atoms in total. The number of nitrogens with zero attached hydrogens (tertiary/aromatic N) is 5. The van der Waals surface area contributed by atoms with Gasteiger partial charge in [-0.2, -0.15) is 5.10 Å². The molecule has 0 unspecified atom stereocenters. The first-order chi connectivity index (χ1) is 17.9. The summed E-state index contributed by atoms with van der Waals surface area (Å²) in [6.45, 7) is 0.901. The molecule has 1 saturated carbocycles. The molecule has 3 heterocycles. The number of carbonyl (C=O) groups excluding carboxylic acids is 1. The van der Waals surface area contributed by atoms with Crippen LogP contribution < -0.4 is 4.74 Å². The smallest absolute Gasteiger partial charge is 0.289 e. The van der Waals surface area contributed by atoms with Crippen molar-refractivity contribution in [3.05, 3.63) is 68.7 Å². The lowest BCUT2D eigenvalue weighted by Gasteiger charge is -2.28. The maximum atomic E-state index is 13.5. The van der Waals surface area contributed by atoms with E-state index in [-0.39, 0.29) is 11.9 Å². The Morgan fingerprint density at radius 3 is 2.57 bits per heavy atom. The Kier molecular flexibility index (Phi) is 7.97. The van der Waals surface area contributed by atoms with Crippen molar-refractivity contribution in [1.82, 2.24) is 24.6 Å². The van der Waals surface area contributed by atoms with Crippen LogP contribution in [0.4, 0.5) is 0 Å². The third-order valence-electron chi connectivity index (χ3n) is 6.46. The van der Waals surface area contributed by atoms with Crippen molar-refractivity contribution in [2.45, 2.75) is 38.3 Å². The number of amides is 1. The van der Waals surface area contributed by atoms with Crippen LogP contribution >= 0.6 is 43.5 Å². The molecule has 0 spiro atoms. The number of rotatable bonds is 8. The van der Waals surface area contributed by atoms with Crippen LogP contribution in [0.3, 0.4) is 0 Å². The Bertz CT molecular complexity index is 1380. The van der Waals surface area contributed by atoms with Crippen molar-refractivity contribution in [3.63, 3.8) is 0 Å². The number of hydrogen-bond acceptors (Lipinski definition) is 6. The summed E-state index contributed by atoms with van der Waals surface area (Å²) in [6.07, 6.45) is 7.56. The molecule has 0 atom stereocenters. The molecule has 0 radical (unpaired) electrons. The van der Waals surface area contributed by atoms with Gasteiger partial charge >= 0.3 is 0 Å². The van der Waals surface area contributed by atoms with Crippen molar-refractivity contribution in [1.29, 1.82) is 0 Å². The van der Waals surface area contributed by atoms with E-state index in [0.29, 0.717) is 50.4 Å². The summed E-state index contributed by atoms with van der Waals surface area (Å²) in [6, 6.07) is 11.1. The lowest BCUT2D eigenvalue weighted by molar-refractivity contribution is 0.0638. The quantitative estimate of drug-likeness (QED) is 0.207. The molecule has 1 aromatic carbocycles. The van der Waals surface area contributed by atoms with Crippen LogP contribution in [0.15, 0.2) is 62.4 Å². The molecule has 0 saturated heterocycles. The average Bonchev–Trinajstić information content (AvgIpc) is 3.66. The Balaban J connectivity index is 1.48. The second-order valence-electron chi connectivity index (χ2n) is 8.74. The van der Waals surface area contributed by atoms with Gasteiger partial charge in [0.1, 0.15) is 5.75 Å². The predicted molar refractivity (Wildman–Crippen MR) is 148 cm³/mol. The minimum Gasteiger partial charge on any atom is -0.495 e. The monoisotopic (exact) mass is 647 g/mol. The zero-order chi connectivity index (χ0) is 25.9.